The molecule has 1 aliphatic rings. The minimum absolute atomic E-state index is 0.0356. The van der Waals surface area contributed by atoms with Crippen LogP contribution in [0.15, 0.2) is 36.7 Å². The lowest BCUT2D eigenvalue weighted by Crippen LogP contribution is -2.51. The first-order valence-electron chi connectivity index (χ1n) is 13.6. The smallest absolute Gasteiger partial charge is 0.422 e. The van der Waals surface area contributed by atoms with E-state index in [0.717, 1.165) is 6.04 Å². The van der Waals surface area contributed by atoms with Gasteiger partial charge in [0.2, 0.25) is 5.88 Å². The van der Waals surface area contributed by atoms with Crippen LogP contribution in [0.3, 0.4) is 0 Å². The van der Waals surface area contributed by atoms with Crippen LogP contribution in [-0.4, -0.2) is 80.0 Å². The molecule has 43 heavy (non-hydrogen) atoms. The molecule has 0 radical (unpaired) electrons. The summed E-state index contributed by atoms with van der Waals surface area (Å²) in [5.74, 6) is -0.827. The highest BCUT2D eigenvalue weighted by Crippen LogP contribution is 2.32. The summed E-state index contributed by atoms with van der Waals surface area (Å²) in [5, 5.41) is 2.92. The average molecular weight is 645 g/mol. The van der Waals surface area contributed by atoms with Gasteiger partial charge in [0.15, 0.2) is 24.8 Å². The number of rotatable bonds is 12. The van der Waals surface area contributed by atoms with Crippen molar-refractivity contribution in [1.82, 2.24) is 19.7 Å². The zero-order valence-electron chi connectivity index (χ0n) is 24.4. The Kier molecular flexibility index (Phi) is 9.61. The van der Waals surface area contributed by atoms with Gasteiger partial charge in [-0.3, -0.25) is 9.20 Å². The number of sulfone groups is 1. The van der Waals surface area contributed by atoms with E-state index in [2.05, 4.69) is 34.9 Å². The molecule has 0 saturated carbocycles. The maximum atomic E-state index is 13.5. The van der Waals surface area contributed by atoms with Crippen molar-refractivity contribution >= 4 is 29.5 Å². The van der Waals surface area contributed by atoms with Gasteiger partial charge in [0.25, 0.3) is 11.8 Å². The second kappa shape index (κ2) is 12.7. The standard InChI is InChI=1S/C27H35F3N4O7SSi/c1-26(9-13-42(36,37)14-10-26)33-23(35)22-25(40-18-38-12-15-43(2,3)4)34-16-19(7-8-21(34)32-22)41-24-20(6-5-11-31-24)39-17-27(28,29)30/h5-8,11,16H,9-10,12-15,17-18H2,1-4H3,(H,33,35). The number of nitrogens with one attached hydrogen (secondary N) is 1. The molecule has 0 atom stereocenters. The molecule has 3 aromatic rings. The summed E-state index contributed by atoms with van der Waals surface area (Å²) in [6.07, 6.45) is -1.24. The number of fused-ring (bicyclic) bond motifs is 1. The van der Waals surface area contributed by atoms with Crippen molar-refractivity contribution in [2.24, 2.45) is 0 Å². The summed E-state index contributed by atoms with van der Waals surface area (Å²) in [5.41, 5.74) is -0.489. The Bertz CT molecular complexity index is 1540. The third-order valence-corrected chi connectivity index (χ3v) is 10.1. The maximum absolute atomic E-state index is 13.5. The second-order valence-corrected chi connectivity index (χ2v) is 19.7. The van der Waals surface area contributed by atoms with Crippen molar-refractivity contribution in [3.05, 3.63) is 42.4 Å². The molecule has 1 amide bonds. The molecular weight excluding hydrogens is 609 g/mol. The number of pyridine rings is 2. The van der Waals surface area contributed by atoms with Crippen molar-refractivity contribution in [3.63, 3.8) is 0 Å². The number of carbonyl (C=O) groups excluding carboxylic acids is 1. The van der Waals surface area contributed by atoms with E-state index in [4.69, 9.17) is 18.9 Å². The Morgan fingerprint density at radius 1 is 1.14 bits per heavy atom. The second-order valence-electron chi connectivity index (χ2n) is 11.8. The largest absolute Gasteiger partial charge is 0.478 e. The van der Waals surface area contributed by atoms with E-state index in [1.165, 1.54) is 35.0 Å². The molecular formula is C27H35F3N4O7SSi. The first kappa shape index (κ1) is 32.5. The third-order valence-electron chi connectivity index (χ3n) is 6.73. The number of amides is 1. The number of imidazole rings is 1. The highest BCUT2D eigenvalue weighted by molar-refractivity contribution is 7.91. The van der Waals surface area contributed by atoms with E-state index in [9.17, 15) is 26.4 Å². The van der Waals surface area contributed by atoms with Crippen molar-refractivity contribution in [2.75, 3.05) is 31.5 Å². The average Bonchev–Trinajstić information content (AvgIpc) is 3.27. The number of ether oxygens (including phenoxy) is 4. The van der Waals surface area contributed by atoms with Crippen LogP contribution in [0, 0.1) is 0 Å². The number of hydrogen-bond acceptors (Lipinski definition) is 9. The highest BCUT2D eigenvalue weighted by atomic mass is 32.2. The van der Waals surface area contributed by atoms with E-state index in [1.807, 2.05) is 0 Å². The topological polar surface area (TPSA) is 130 Å². The lowest BCUT2D eigenvalue weighted by atomic mass is 9.94. The van der Waals surface area contributed by atoms with Gasteiger partial charge >= 0.3 is 6.18 Å². The Morgan fingerprint density at radius 2 is 1.86 bits per heavy atom. The molecule has 4 rings (SSSR count). The van der Waals surface area contributed by atoms with Gasteiger partial charge in [-0.05, 0) is 50.1 Å². The molecule has 236 valence electrons. The van der Waals surface area contributed by atoms with Crippen molar-refractivity contribution in [2.45, 2.75) is 57.2 Å². The fourth-order valence-corrected chi connectivity index (χ4v) is 6.65. The van der Waals surface area contributed by atoms with Gasteiger partial charge in [-0.1, -0.05) is 19.6 Å². The molecule has 11 nitrogen and oxygen atoms in total. The van der Waals surface area contributed by atoms with Gasteiger partial charge in [0.05, 0.1) is 17.7 Å². The van der Waals surface area contributed by atoms with E-state index in [-0.39, 0.29) is 60.1 Å². The van der Waals surface area contributed by atoms with Gasteiger partial charge in [-0.2, -0.15) is 13.2 Å². The Hall–Kier alpha value is -3.37. The zero-order chi connectivity index (χ0) is 31.5. The zero-order valence-corrected chi connectivity index (χ0v) is 26.2. The van der Waals surface area contributed by atoms with Crippen molar-refractivity contribution in [1.29, 1.82) is 0 Å². The number of carbonyl (C=O) groups is 1. The molecule has 1 aliphatic heterocycles. The molecule has 1 saturated heterocycles. The first-order chi connectivity index (χ1) is 20.0. The van der Waals surface area contributed by atoms with Crippen molar-refractivity contribution in [3.8, 4) is 23.3 Å². The minimum atomic E-state index is -4.55. The monoisotopic (exact) mass is 644 g/mol. The molecule has 1 fully saturated rings. The van der Waals surface area contributed by atoms with Crippen LogP contribution in [0.4, 0.5) is 13.2 Å². The van der Waals surface area contributed by atoms with Crippen LogP contribution < -0.4 is 19.5 Å². The third kappa shape index (κ3) is 9.30. The van der Waals surface area contributed by atoms with Gasteiger partial charge in [-0.15, -0.1) is 0 Å². The summed E-state index contributed by atoms with van der Waals surface area (Å²) in [6.45, 7) is 7.20. The van der Waals surface area contributed by atoms with E-state index in [1.54, 1.807) is 13.0 Å². The van der Waals surface area contributed by atoms with E-state index >= 15 is 0 Å². The molecule has 0 aromatic carbocycles. The Morgan fingerprint density at radius 3 is 2.53 bits per heavy atom. The predicted molar refractivity (Wildman–Crippen MR) is 154 cm³/mol. The SMILES string of the molecule is CC1(NC(=O)c2nc3ccc(Oc4ncccc4OCC(F)(F)F)cn3c2OCOCC[Si](C)(C)C)CCS(=O)(=O)CC1. The number of alkyl halides is 3. The minimum Gasteiger partial charge on any atom is -0.478 e. The number of nitrogens with zero attached hydrogens (tertiary/aromatic N) is 3. The summed E-state index contributed by atoms with van der Waals surface area (Å²) in [4.78, 5) is 21.9. The van der Waals surface area contributed by atoms with Crippen LogP contribution in [0.2, 0.25) is 25.7 Å². The molecule has 0 aliphatic carbocycles. The van der Waals surface area contributed by atoms with Gasteiger partial charge in [0.1, 0.15) is 21.2 Å². The van der Waals surface area contributed by atoms with Gasteiger partial charge < -0.3 is 24.3 Å². The van der Waals surface area contributed by atoms with Crippen LogP contribution in [0.25, 0.3) is 5.65 Å². The van der Waals surface area contributed by atoms with E-state index < -0.39 is 42.1 Å². The molecule has 0 unspecified atom stereocenters. The molecule has 16 heteroatoms. The number of aromatic nitrogens is 3. The van der Waals surface area contributed by atoms with Crippen LogP contribution in [-0.2, 0) is 14.6 Å². The van der Waals surface area contributed by atoms with Gasteiger partial charge in [-0.25, -0.2) is 18.4 Å². The quantitative estimate of drug-likeness (QED) is 0.167. The molecule has 0 spiro atoms. The first-order valence-corrected chi connectivity index (χ1v) is 19.1. The lowest BCUT2D eigenvalue weighted by molar-refractivity contribution is -0.153. The molecule has 4 heterocycles. The maximum Gasteiger partial charge on any atom is 0.422 e. The summed E-state index contributed by atoms with van der Waals surface area (Å²) < 4.78 is 85.7. The normalized spacial score (nSPS) is 16.5. The van der Waals surface area contributed by atoms with Crippen LogP contribution >= 0.6 is 0 Å². The van der Waals surface area contributed by atoms with Gasteiger partial charge in [0, 0.05) is 26.4 Å². The van der Waals surface area contributed by atoms with E-state index in [0.29, 0.717) is 12.3 Å². The molecule has 0 bridgehead atoms. The Balaban J connectivity index is 1.60. The fourth-order valence-electron chi connectivity index (χ4n) is 4.17. The number of hydrogen-bond donors (Lipinski definition) is 1. The fraction of sp³-hybridized carbons (Fsp3) is 0.519. The highest BCUT2D eigenvalue weighted by Gasteiger charge is 2.36. The van der Waals surface area contributed by atoms with Crippen LogP contribution in [0.5, 0.6) is 23.3 Å². The molecule has 3 aromatic heterocycles. The summed E-state index contributed by atoms with van der Waals surface area (Å²) in [7, 11) is -4.50. The predicted octanol–water partition coefficient (Wildman–Crippen LogP) is 4.85. The van der Waals surface area contributed by atoms with Crippen molar-refractivity contribution < 1.29 is 45.3 Å². The van der Waals surface area contributed by atoms with Crippen LogP contribution in [0.1, 0.15) is 30.3 Å². The lowest BCUT2D eigenvalue weighted by Gasteiger charge is -2.34. The molecule has 1 N–H and O–H groups in total. The Labute approximate surface area is 248 Å². The number of halogens is 3. The summed E-state index contributed by atoms with van der Waals surface area (Å²) in [6, 6.07) is 6.67. The summed E-state index contributed by atoms with van der Waals surface area (Å²) >= 11 is 0.